The Labute approximate surface area is 90.4 Å². The maximum atomic E-state index is 11.4. The minimum Gasteiger partial charge on any atom is -0.395 e. The van der Waals surface area contributed by atoms with Gasteiger partial charge in [-0.2, -0.15) is 0 Å². The van der Waals surface area contributed by atoms with Crippen LogP contribution in [-0.2, 0) is 9.53 Å². The third kappa shape index (κ3) is 4.59. The molecule has 0 bridgehead atoms. The highest BCUT2D eigenvalue weighted by Gasteiger charge is 2.20. The molecule has 0 radical (unpaired) electrons. The van der Waals surface area contributed by atoms with E-state index in [0.717, 1.165) is 19.5 Å². The van der Waals surface area contributed by atoms with Gasteiger partial charge in [0.05, 0.1) is 25.9 Å². The molecule has 5 nitrogen and oxygen atoms in total. The van der Waals surface area contributed by atoms with Crippen molar-refractivity contribution in [2.24, 2.45) is 0 Å². The summed E-state index contributed by atoms with van der Waals surface area (Å²) in [4.78, 5) is 13.4. The summed E-state index contributed by atoms with van der Waals surface area (Å²) in [5, 5.41) is 11.2. The van der Waals surface area contributed by atoms with Crippen LogP contribution in [0.4, 0.5) is 0 Å². The van der Waals surface area contributed by atoms with Crippen LogP contribution in [0, 0.1) is 0 Å². The molecule has 1 aliphatic rings. The number of rotatable bonds is 5. The van der Waals surface area contributed by atoms with Gasteiger partial charge in [-0.25, -0.2) is 0 Å². The molecule has 0 spiro atoms. The van der Waals surface area contributed by atoms with Gasteiger partial charge in [0.15, 0.2) is 0 Å². The second-order valence-electron chi connectivity index (χ2n) is 3.71. The number of aliphatic hydroxyl groups excluding tert-OH is 1. The lowest BCUT2D eigenvalue weighted by Gasteiger charge is -2.31. The van der Waals surface area contributed by atoms with Gasteiger partial charge >= 0.3 is 0 Å². The van der Waals surface area contributed by atoms with Gasteiger partial charge in [-0.15, -0.1) is 0 Å². The Morgan fingerprint density at radius 1 is 1.67 bits per heavy atom. The monoisotopic (exact) mass is 216 g/mol. The average Bonchev–Trinajstić information content (AvgIpc) is 2.26. The van der Waals surface area contributed by atoms with E-state index in [4.69, 9.17) is 9.84 Å². The summed E-state index contributed by atoms with van der Waals surface area (Å²) in [6.07, 6.45) is 1.23. The maximum absolute atomic E-state index is 11.4. The Bertz CT molecular complexity index is 199. The predicted octanol–water partition coefficient (Wildman–Crippen LogP) is -0.794. The summed E-state index contributed by atoms with van der Waals surface area (Å²) in [7, 11) is 0. The van der Waals surface area contributed by atoms with Crippen molar-refractivity contribution in [3.63, 3.8) is 0 Å². The van der Waals surface area contributed by atoms with Crippen molar-refractivity contribution in [3.8, 4) is 0 Å². The first-order valence-electron chi connectivity index (χ1n) is 5.47. The van der Waals surface area contributed by atoms with Crippen LogP contribution in [0.3, 0.4) is 0 Å². The first kappa shape index (κ1) is 12.4. The van der Waals surface area contributed by atoms with Crippen molar-refractivity contribution in [3.05, 3.63) is 0 Å². The molecule has 0 saturated carbocycles. The second-order valence-corrected chi connectivity index (χ2v) is 3.71. The summed E-state index contributed by atoms with van der Waals surface area (Å²) in [6.45, 7) is 5.14. The first-order valence-corrected chi connectivity index (χ1v) is 5.47. The van der Waals surface area contributed by atoms with E-state index in [-0.39, 0.29) is 18.6 Å². The smallest absolute Gasteiger partial charge is 0.234 e. The van der Waals surface area contributed by atoms with E-state index in [9.17, 15) is 4.79 Å². The molecule has 5 heteroatoms. The molecule has 1 fully saturated rings. The molecule has 2 N–H and O–H groups in total. The minimum absolute atomic E-state index is 0.00750. The third-order valence-corrected chi connectivity index (χ3v) is 2.48. The lowest BCUT2D eigenvalue weighted by atomic mass is 10.2. The van der Waals surface area contributed by atoms with E-state index in [0.29, 0.717) is 19.7 Å². The third-order valence-electron chi connectivity index (χ3n) is 2.48. The first-order chi connectivity index (χ1) is 7.26. The van der Waals surface area contributed by atoms with Crippen LogP contribution in [0.25, 0.3) is 0 Å². The largest absolute Gasteiger partial charge is 0.395 e. The van der Waals surface area contributed by atoms with Gasteiger partial charge in [-0.05, 0) is 6.42 Å². The predicted molar refractivity (Wildman–Crippen MR) is 56.6 cm³/mol. The Kier molecular flexibility index (Phi) is 5.60. The number of nitrogens with one attached hydrogen (secondary N) is 1. The SMILES string of the molecule is CCC1CN(CC(=O)NCCO)CCO1. The van der Waals surface area contributed by atoms with E-state index in [1.54, 1.807) is 0 Å². The molecule has 0 aromatic heterocycles. The zero-order chi connectivity index (χ0) is 11.1. The van der Waals surface area contributed by atoms with Gasteiger partial charge in [0.25, 0.3) is 0 Å². The highest BCUT2D eigenvalue weighted by Crippen LogP contribution is 2.07. The molecule has 0 aromatic carbocycles. The molecular formula is C10H20N2O3. The van der Waals surface area contributed by atoms with Crippen LogP contribution < -0.4 is 5.32 Å². The molecule has 1 amide bonds. The zero-order valence-corrected chi connectivity index (χ0v) is 9.24. The lowest BCUT2D eigenvalue weighted by molar-refractivity contribution is -0.124. The average molecular weight is 216 g/mol. The zero-order valence-electron chi connectivity index (χ0n) is 9.24. The molecule has 1 saturated heterocycles. The van der Waals surface area contributed by atoms with E-state index in [1.165, 1.54) is 0 Å². The van der Waals surface area contributed by atoms with Gasteiger partial charge in [0, 0.05) is 19.6 Å². The molecule has 15 heavy (non-hydrogen) atoms. The Hall–Kier alpha value is -0.650. The quantitative estimate of drug-likeness (QED) is 0.632. The van der Waals surface area contributed by atoms with Crippen LogP contribution >= 0.6 is 0 Å². The number of carbonyl (C=O) groups is 1. The van der Waals surface area contributed by atoms with Crippen LogP contribution in [0.1, 0.15) is 13.3 Å². The fourth-order valence-corrected chi connectivity index (χ4v) is 1.63. The van der Waals surface area contributed by atoms with Crippen LogP contribution in [0.5, 0.6) is 0 Å². The highest BCUT2D eigenvalue weighted by molar-refractivity contribution is 5.77. The van der Waals surface area contributed by atoms with E-state index in [1.807, 2.05) is 0 Å². The number of aliphatic hydroxyl groups is 1. The number of nitrogens with zero attached hydrogens (tertiary/aromatic N) is 1. The summed E-state index contributed by atoms with van der Waals surface area (Å²) in [5.74, 6) is -0.0270. The van der Waals surface area contributed by atoms with Gasteiger partial charge in [0.2, 0.25) is 5.91 Å². The summed E-state index contributed by atoms with van der Waals surface area (Å²) < 4.78 is 5.51. The van der Waals surface area contributed by atoms with Crippen LogP contribution in [0.2, 0.25) is 0 Å². The van der Waals surface area contributed by atoms with E-state index in [2.05, 4.69) is 17.1 Å². The summed E-state index contributed by atoms with van der Waals surface area (Å²) in [5.41, 5.74) is 0. The highest BCUT2D eigenvalue weighted by atomic mass is 16.5. The van der Waals surface area contributed by atoms with Crippen molar-refractivity contribution in [2.75, 3.05) is 39.4 Å². The Balaban J connectivity index is 2.22. The summed E-state index contributed by atoms with van der Waals surface area (Å²) in [6, 6.07) is 0. The fourth-order valence-electron chi connectivity index (χ4n) is 1.63. The Morgan fingerprint density at radius 3 is 3.13 bits per heavy atom. The number of carbonyl (C=O) groups excluding carboxylic acids is 1. The van der Waals surface area contributed by atoms with Crippen molar-refractivity contribution in [1.82, 2.24) is 10.2 Å². The fraction of sp³-hybridized carbons (Fsp3) is 0.900. The molecule has 1 rings (SSSR count). The lowest BCUT2D eigenvalue weighted by Crippen LogP contribution is -2.47. The normalized spacial score (nSPS) is 22.7. The number of morpholine rings is 1. The minimum atomic E-state index is -0.0270. The van der Waals surface area contributed by atoms with Crippen molar-refractivity contribution >= 4 is 5.91 Å². The topological polar surface area (TPSA) is 61.8 Å². The van der Waals surface area contributed by atoms with Crippen LogP contribution in [-0.4, -0.2) is 61.4 Å². The van der Waals surface area contributed by atoms with Gasteiger partial charge < -0.3 is 15.2 Å². The molecule has 88 valence electrons. The molecule has 1 atom stereocenters. The Morgan fingerprint density at radius 2 is 2.47 bits per heavy atom. The van der Waals surface area contributed by atoms with Crippen molar-refractivity contribution < 1.29 is 14.6 Å². The van der Waals surface area contributed by atoms with E-state index >= 15 is 0 Å². The number of hydrogen-bond donors (Lipinski definition) is 2. The number of hydrogen-bond acceptors (Lipinski definition) is 4. The van der Waals surface area contributed by atoms with Gasteiger partial charge in [-0.3, -0.25) is 9.69 Å². The number of ether oxygens (including phenoxy) is 1. The van der Waals surface area contributed by atoms with E-state index < -0.39 is 0 Å². The van der Waals surface area contributed by atoms with Crippen LogP contribution in [0.15, 0.2) is 0 Å². The molecular weight excluding hydrogens is 196 g/mol. The number of amides is 1. The van der Waals surface area contributed by atoms with Crippen molar-refractivity contribution in [2.45, 2.75) is 19.4 Å². The molecule has 1 heterocycles. The molecule has 1 aliphatic heterocycles. The standard InChI is InChI=1S/C10H20N2O3/c1-2-9-7-12(4-6-15-9)8-10(14)11-3-5-13/h9,13H,2-8H2,1H3,(H,11,14). The molecule has 0 aliphatic carbocycles. The van der Waals surface area contributed by atoms with Crippen molar-refractivity contribution in [1.29, 1.82) is 0 Å². The second kappa shape index (κ2) is 6.76. The molecule has 0 aromatic rings. The molecule has 1 unspecified atom stereocenters. The maximum Gasteiger partial charge on any atom is 0.234 e. The van der Waals surface area contributed by atoms with Gasteiger partial charge in [0.1, 0.15) is 0 Å². The van der Waals surface area contributed by atoms with Gasteiger partial charge in [-0.1, -0.05) is 6.92 Å². The summed E-state index contributed by atoms with van der Waals surface area (Å²) >= 11 is 0.